The number of hydrogen-bond donors (Lipinski definition) is 0. The molecular formula is C15H22O. The average Bonchev–Trinajstić information content (AvgIpc) is 2.27. The van der Waals surface area contributed by atoms with Crippen LogP contribution in [0.3, 0.4) is 0 Å². The zero-order chi connectivity index (χ0) is 12.0. The normalized spacial score (nSPS) is 14.4. The minimum atomic E-state index is 0.168. The second-order valence-corrected chi connectivity index (χ2v) is 5.03. The van der Waals surface area contributed by atoms with Crippen molar-refractivity contribution in [2.24, 2.45) is 5.41 Å². The largest absolute Gasteiger partial charge is 0.300 e. The van der Waals surface area contributed by atoms with Crippen molar-refractivity contribution in [3.8, 4) is 0 Å². The van der Waals surface area contributed by atoms with Gasteiger partial charge in [-0.3, -0.25) is 0 Å². The summed E-state index contributed by atoms with van der Waals surface area (Å²) in [6.07, 6.45) is 3.93. The fraction of sp³-hybridized carbons (Fsp3) is 0.533. The monoisotopic (exact) mass is 218 g/mol. The zero-order valence-electron chi connectivity index (χ0n) is 10.6. The van der Waals surface area contributed by atoms with E-state index in [4.69, 9.17) is 0 Å². The number of carbonyl (C=O) groups is 1. The molecule has 0 aromatic heterocycles. The molecule has 0 N–H and O–H groups in total. The molecule has 0 bridgehead atoms. The molecule has 1 atom stereocenters. The highest BCUT2D eigenvalue weighted by molar-refractivity contribution is 5.76. The number of benzene rings is 1. The Morgan fingerprint density at radius 3 is 2.38 bits per heavy atom. The zero-order valence-corrected chi connectivity index (χ0v) is 10.6. The third-order valence-corrected chi connectivity index (χ3v) is 3.39. The van der Waals surface area contributed by atoms with Gasteiger partial charge in [-0.05, 0) is 30.7 Å². The van der Waals surface area contributed by atoms with Crippen molar-refractivity contribution in [2.75, 3.05) is 0 Å². The van der Waals surface area contributed by atoms with E-state index < -0.39 is 0 Å². The second-order valence-electron chi connectivity index (χ2n) is 5.03. The van der Waals surface area contributed by atoms with Gasteiger partial charge in [-0.15, -0.1) is 0 Å². The molecule has 1 rings (SSSR count). The van der Waals surface area contributed by atoms with E-state index in [0.717, 1.165) is 19.3 Å². The van der Waals surface area contributed by atoms with E-state index >= 15 is 0 Å². The lowest BCUT2D eigenvalue weighted by Crippen LogP contribution is -2.19. The molecule has 0 saturated heterocycles. The molecule has 1 aromatic carbocycles. The molecule has 1 heteroatoms. The molecular weight excluding hydrogens is 196 g/mol. The van der Waals surface area contributed by atoms with E-state index in [1.165, 1.54) is 5.56 Å². The van der Waals surface area contributed by atoms with E-state index in [9.17, 15) is 4.79 Å². The molecule has 0 spiro atoms. The standard InChI is InChI=1S/C15H22O/c1-4-15(3,12-13(2)16)11-10-14-8-6-5-7-9-14/h5-9H,4,10-12H2,1-3H3/t15-/m1/s1. The molecule has 1 aromatic rings. The maximum Gasteiger partial charge on any atom is 0.130 e. The van der Waals surface area contributed by atoms with Crippen LogP contribution >= 0.6 is 0 Å². The van der Waals surface area contributed by atoms with Crippen LogP contribution in [0.5, 0.6) is 0 Å². The predicted molar refractivity (Wildman–Crippen MR) is 68.5 cm³/mol. The van der Waals surface area contributed by atoms with Gasteiger partial charge in [0.15, 0.2) is 0 Å². The quantitative estimate of drug-likeness (QED) is 0.705. The summed E-state index contributed by atoms with van der Waals surface area (Å²) in [5.74, 6) is 0.303. The van der Waals surface area contributed by atoms with Gasteiger partial charge in [0.2, 0.25) is 0 Å². The summed E-state index contributed by atoms with van der Waals surface area (Å²) >= 11 is 0. The number of carbonyl (C=O) groups excluding carboxylic acids is 1. The molecule has 88 valence electrons. The second kappa shape index (κ2) is 5.83. The molecule has 0 aliphatic carbocycles. The van der Waals surface area contributed by atoms with Gasteiger partial charge in [0.25, 0.3) is 0 Å². The fourth-order valence-electron chi connectivity index (χ4n) is 2.08. The predicted octanol–water partition coefficient (Wildman–Crippen LogP) is 4.01. The summed E-state index contributed by atoms with van der Waals surface area (Å²) in [4.78, 5) is 11.2. The van der Waals surface area contributed by atoms with Crippen molar-refractivity contribution in [3.05, 3.63) is 35.9 Å². The Hall–Kier alpha value is -1.11. The number of hydrogen-bond acceptors (Lipinski definition) is 1. The summed E-state index contributed by atoms with van der Waals surface area (Å²) in [5.41, 5.74) is 1.53. The Labute approximate surface area is 98.9 Å². The van der Waals surface area contributed by atoms with Crippen LogP contribution in [0.25, 0.3) is 0 Å². The topological polar surface area (TPSA) is 17.1 Å². The van der Waals surface area contributed by atoms with E-state index in [-0.39, 0.29) is 5.41 Å². The van der Waals surface area contributed by atoms with Crippen LogP contribution in [-0.4, -0.2) is 5.78 Å². The molecule has 0 aliphatic rings. The third-order valence-electron chi connectivity index (χ3n) is 3.39. The molecule has 16 heavy (non-hydrogen) atoms. The molecule has 0 unspecified atom stereocenters. The minimum absolute atomic E-state index is 0.168. The molecule has 0 radical (unpaired) electrons. The van der Waals surface area contributed by atoms with E-state index in [2.05, 4.69) is 38.1 Å². The lowest BCUT2D eigenvalue weighted by Gasteiger charge is -2.27. The first kappa shape index (κ1) is 13.0. The Bertz CT molecular complexity index is 329. The van der Waals surface area contributed by atoms with Gasteiger partial charge in [0.05, 0.1) is 0 Å². The number of aryl methyl sites for hydroxylation is 1. The van der Waals surface area contributed by atoms with E-state index in [1.807, 2.05) is 6.07 Å². The Morgan fingerprint density at radius 2 is 1.88 bits per heavy atom. The van der Waals surface area contributed by atoms with E-state index in [1.54, 1.807) is 6.92 Å². The van der Waals surface area contributed by atoms with Gasteiger partial charge in [-0.1, -0.05) is 50.6 Å². The first-order valence-corrected chi connectivity index (χ1v) is 6.09. The van der Waals surface area contributed by atoms with Gasteiger partial charge >= 0.3 is 0 Å². The summed E-state index contributed by atoms with van der Waals surface area (Å²) < 4.78 is 0. The number of ketones is 1. The maximum absolute atomic E-state index is 11.2. The van der Waals surface area contributed by atoms with Gasteiger partial charge in [0.1, 0.15) is 5.78 Å². The van der Waals surface area contributed by atoms with Crippen molar-refractivity contribution >= 4 is 5.78 Å². The molecule has 1 nitrogen and oxygen atoms in total. The summed E-state index contributed by atoms with van der Waals surface area (Å²) in [6.45, 7) is 6.09. The molecule has 0 amide bonds. The van der Waals surface area contributed by atoms with Crippen LogP contribution in [0.2, 0.25) is 0 Å². The van der Waals surface area contributed by atoms with Gasteiger partial charge in [-0.25, -0.2) is 0 Å². The van der Waals surface area contributed by atoms with Crippen molar-refractivity contribution in [3.63, 3.8) is 0 Å². The molecule has 0 saturated carbocycles. The average molecular weight is 218 g/mol. The summed E-state index contributed by atoms with van der Waals surface area (Å²) in [5, 5.41) is 0. The number of Topliss-reactive ketones (excluding diaryl/α,β-unsaturated/α-hetero) is 1. The minimum Gasteiger partial charge on any atom is -0.300 e. The van der Waals surface area contributed by atoms with Crippen LogP contribution in [0.15, 0.2) is 30.3 Å². The van der Waals surface area contributed by atoms with Gasteiger partial charge in [0, 0.05) is 6.42 Å². The smallest absolute Gasteiger partial charge is 0.130 e. The Balaban J connectivity index is 2.54. The lowest BCUT2D eigenvalue weighted by atomic mass is 9.78. The van der Waals surface area contributed by atoms with Crippen LogP contribution in [-0.2, 0) is 11.2 Å². The third kappa shape index (κ3) is 4.18. The van der Waals surface area contributed by atoms with Gasteiger partial charge < -0.3 is 4.79 Å². The Kier molecular flexibility index (Phi) is 4.72. The van der Waals surface area contributed by atoms with Crippen molar-refractivity contribution < 1.29 is 4.79 Å². The highest BCUT2D eigenvalue weighted by Crippen LogP contribution is 2.31. The lowest BCUT2D eigenvalue weighted by molar-refractivity contribution is -0.119. The first-order chi connectivity index (χ1) is 7.56. The highest BCUT2D eigenvalue weighted by atomic mass is 16.1. The Morgan fingerprint density at radius 1 is 1.25 bits per heavy atom. The van der Waals surface area contributed by atoms with Crippen LogP contribution < -0.4 is 0 Å². The fourth-order valence-corrected chi connectivity index (χ4v) is 2.08. The van der Waals surface area contributed by atoms with E-state index in [0.29, 0.717) is 12.2 Å². The summed E-state index contributed by atoms with van der Waals surface area (Å²) in [6, 6.07) is 10.5. The highest BCUT2D eigenvalue weighted by Gasteiger charge is 2.23. The molecule has 0 fully saturated rings. The molecule has 0 heterocycles. The van der Waals surface area contributed by atoms with Crippen molar-refractivity contribution in [1.82, 2.24) is 0 Å². The van der Waals surface area contributed by atoms with Crippen molar-refractivity contribution in [2.45, 2.75) is 46.5 Å². The van der Waals surface area contributed by atoms with Crippen molar-refractivity contribution in [1.29, 1.82) is 0 Å². The van der Waals surface area contributed by atoms with Gasteiger partial charge in [-0.2, -0.15) is 0 Å². The number of rotatable bonds is 6. The molecule has 0 aliphatic heterocycles. The van der Waals surface area contributed by atoms with Crippen LogP contribution in [0, 0.1) is 5.41 Å². The van der Waals surface area contributed by atoms with Crippen LogP contribution in [0.1, 0.15) is 45.6 Å². The van der Waals surface area contributed by atoms with Crippen LogP contribution in [0.4, 0.5) is 0 Å². The first-order valence-electron chi connectivity index (χ1n) is 6.09. The maximum atomic E-state index is 11.2. The SMILES string of the molecule is CC[C@](C)(CCc1ccccc1)CC(C)=O. The summed E-state index contributed by atoms with van der Waals surface area (Å²) in [7, 11) is 0.